The second-order valence-electron chi connectivity index (χ2n) is 2.66. The van der Waals surface area contributed by atoms with E-state index in [4.69, 9.17) is 5.11 Å². The van der Waals surface area contributed by atoms with E-state index in [0.717, 1.165) is 0 Å². The average Bonchev–Trinajstić information content (AvgIpc) is 2.56. The molecule has 0 spiro atoms. The molecule has 0 aliphatic carbocycles. The van der Waals surface area contributed by atoms with Crippen molar-refractivity contribution >= 4 is 5.91 Å². The zero-order valence-corrected chi connectivity index (χ0v) is 7.21. The minimum Gasteiger partial charge on any atom is -0.394 e. The Labute approximate surface area is 74.7 Å². The standard InChI is InChI=1S/C6H11N5O2/c1-5(3-12)8-6(13)2-11-4-7-9-10-11/h4-5,12H,2-3H2,1H3,(H,8,13). The van der Waals surface area contributed by atoms with Crippen LogP contribution in [0.1, 0.15) is 6.92 Å². The van der Waals surface area contributed by atoms with Gasteiger partial charge < -0.3 is 10.4 Å². The summed E-state index contributed by atoms with van der Waals surface area (Å²) in [5, 5.41) is 21.5. The maximum atomic E-state index is 11.1. The predicted octanol–water partition coefficient (Wildman–Crippen LogP) is -1.83. The Morgan fingerprint density at radius 1 is 1.77 bits per heavy atom. The second-order valence-corrected chi connectivity index (χ2v) is 2.66. The Morgan fingerprint density at radius 3 is 3.08 bits per heavy atom. The van der Waals surface area contributed by atoms with Crippen molar-refractivity contribution in [2.24, 2.45) is 0 Å². The number of aliphatic hydroxyl groups excluding tert-OH is 1. The van der Waals surface area contributed by atoms with E-state index < -0.39 is 0 Å². The normalized spacial score (nSPS) is 12.5. The summed E-state index contributed by atoms with van der Waals surface area (Å²) in [5.41, 5.74) is 0. The zero-order chi connectivity index (χ0) is 9.68. The number of rotatable bonds is 4. The fraction of sp³-hybridized carbons (Fsp3) is 0.667. The molecular weight excluding hydrogens is 174 g/mol. The highest BCUT2D eigenvalue weighted by molar-refractivity contribution is 5.75. The van der Waals surface area contributed by atoms with Crippen LogP contribution in [0.25, 0.3) is 0 Å². The molecule has 7 nitrogen and oxygen atoms in total. The van der Waals surface area contributed by atoms with E-state index in [0.29, 0.717) is 0 Å². The Kier molecular flexibility index (Phi) is 3.32. The van der Waals surface area contributed by atoms with Gasteiger partial charge in [-0.2, -0.15) is 0 Å². The van der Waals surface area contributed by atoms with E-state index in [9.17, 15) is 4.79 Å². The van der Waals surface area contributed by atoms with Crippen molar-refractivity contribution in [3.8, 4) is 0 Å². The van der Waals surface area contributed by atoms with Crippen LogP contribution in [0, 0.1) is 0 Å². The molecule has 0 aliphatic heterocycles. The van der Waals surface area contributed by atoms with Crippen molar-refractivity contribution in [1.29, 1.82) is 0 Å². The van der Waals surface area contributed by atoms with Gasteiger partial charge in [-0.15, -0.1) is 5.10 Å². The van der Waals surface area contributed by atoms with Gasteiger partial charge in [0.2, 0.25) is 5.91 Å². The molecule has 1 heterocycles. The molecule has 0 aromatic carbocycles. The predicted molar refractivity (Wildman–Crippen MR) is 42.5 cm³/mol. The molecule has 0 fully saturated rings. The third kappa shape index (κ3) is 3.16. The number of hydrogen-bond donors (Lipinski definition) is 2. The van der Waals surface area contributed by atoms with Crippen molar-refractivity contribution in [2.45, 2.75) is 19.5 Å². The van der Waals surface area contributed by atoms with Crippen LogP contribution >= 0.6 is 0 Å². The minimum absolute atomic E-state index is 0.0668. The first kappa shape index (κ1) is 9.59. The van der Waals surface area contributed by atoms with Crippen molar-refractivity contribution in [3.63, 3.8) is 0 Å². The molecule has 1 rings (SSSR count). The van der Waals surface area contributed by atoms with E-state index in [-0.39, 0.29) is 25.1 Å². The van der Waals surface area contributed by atoms with Crippen LogP contribution in [-0.2, 0) is 11.3 Å². The molecular formula is C6H11N5O2. The van der Waals surface area contributed by atoms with Gasteiger partial charge in [0.1, 0.15) is 12.9 Å². The smallest absolute Gasteiger partial charge is 0.242 e. The molecule has 7 heteroatoms. The van der Waals surface area contributed by atoms with E-state index in [2.05, 4.69) is 20.8 Å². The van der Waals surface area contributed by atoms with Crippen molar-refractivity contribution < 1.29 is 9.90 Å². The van der Waals surface area contributed by atoms with Gasteiger partial charge >= 0.3 is 0 Å². The summed E-state index contributed by atoms with van der Waals surface area (Å²) in [7, 11) is 0. The number of nitrogens with one attached hydrogen (secondary N) is 1. The summed E-state index contributed by atoms with van der Waals surface area (Å²) in [4.78, 5) is 11.1. The lowest BCUT2D eigenvalue weighted by molar-refractivity contribution is -0.122. The molecule has 1 amide bonds. The van der Waals surface area contributed by atoms with Crippen LogP contribution in [0.5, 0.6) is 0 Å². The minimum atomic E-state index is -0.246. The van der Waals surface area contributed by atoms with E-state index in [1.807, 2.05) is 0 Å². The number of amides is 1. The van der Waals surface area contributed by atoms with Gasteiger partial charge in [0.05, 0.1) is 6.61 Å². The molecule has 0 saturated carbocycles. The molecule has 0 aliphatic rings. The van der Waals surface area contributed by atoms with Crippen LogP contribution in [0.15, 0.2) is 6.33 Å². The molecule has 72 valence electrons. The molecule has 0 radical (unpaired) electrons. The average molecular weight is 185 g/mol. The number of hydrogen-bond acceptors (Lipinski definition) is 5. The number of carbonyl (C=O) groups excluding carboxylic acids is 1. The third-order valence-electron chi connectivity index (χ3n) is 1.38. The molecule has 2 N–H and O–H groups in total. The SMILES string of the molecule is CC(CO)NC(=O)Cn1cnnn1. The first-order valence-electron chi connectivity index (χ1n) is 3.83. The first-order chi connectivity index (χ1) is 6.22. The number of carbonyl (C=O) groups is 1. The van der Waals surface area contributed by atoms with Crippen LogP contribution in [0.3, 0.4) is 0 Å². The third-order valence-corrected chi connectivity index (χ3v) is 1.38. The molecule has 1 aromatic rings. The maximum absolute atomic E-state index is 11.1. The van der Waals surface area contributed by atoms with Crippen LogP contribution in [0.4, 0.5) is 0 Å². The fourth-order valence-corrected chi connectivity index (χ4v) is 0.766. The Bertz CT molecular complexity index is 260. The molecule has 0 saturated heterocycles. The van der Waals surface area contributed by atoms with Gasteiger partial charge in [-0.05, 0) is 17.4 Å². The molecule has 0 bridgehead atoms. The van der Waals surface area contributed by atoms with Crippen molar-refractivity contribution in [2.75, 3.05) is 6.61 Å². The first-order valence-corrected chi connectivity index (χ1v) is 3.83. The van der Waals surface area contributed by atoms with Gasteiger partial charge in [0.15, 0.2) is 0 Å². The summed E-state index contributed by atoms with van der Waals surface area (Å²) in [6.07, 6.45) is 1.35. The van der Waals surface area contributed by atoms with E-state index >= 15 is 0 Å². The van der Waals surface area contributed by atoms with Crippen molar-refractivity contribution in [3.05, 3.63) is 6.33 Å². The van der Waals surface area contributed by atoms with Gasteiger partial charge in [0.25, 0.3) is 0 Å². The number of aromatic nitrogens is 4. The summed E-state index contributed by atoms with van der Waals surface area (Å²) in [5.74, 6) is -0.228. The number of nitrogens with zero attached hydrogens (tertiary/aromatic N) is 4. The van der Waals surface area contributed by atoms with Gasteiger partial charge in [-0.1, -0.05) is 0 Å². The lowest BCUT2D eigenvalue weighted by Gasteiger charge is -2.09. The lowest BCUT2D eigenvalue weighted by atomic mass is 10.3. The lowest BCUT2D eigenvalue weighted by Crippen LogP contribution is -2.37. The highest BCUT2D eigenvalue weighted by Gasteiger charge is 2.06. The summed E-state index contributed by atoms with van der Waals surface area (Å²) in [6.45, 7) is 1.69. The van der Waals surface area contributed by atoms with Crippen LogP contribution in [-0.4, -0.2) is 43.9 Å². The largest absolute Gasteiger partial charge is 0.394 e. The highest BCUT2D eigenvalue weighted by atomic mass is 16.3. The van der Waals surface area contributed by atoms with E-state index in [1.165, 1.54) is 11.0 Å². The summed E-state index contributed by atoms with van der Waals surface area (Å²) < 4.78 is 1.30. The fourth-order valence-electron chi connectivity index (χ4n) is 0.766. The molecule has 1 aromatic heterocycles. The van der Waals surface area contributed by atoms with Crippen LogP contribution < -0.4 is 5.32 Å². The van der Waals surface area contributed by atoms with E-state index in [1.54, 1.807) is 6.92 Å². The molecule has 13 heavy (non-hydrogen) atoms. The topological polar surface area (TPSA) is 92.9 Å². The number of tetrazole rings is 1. The maximum Gasteiger partial charge on any atom is 0.242 e. The van der Waals surface area contributed by atoms with Crippen LogP contribution in [0.2, 0.25) is 0 Å². The van der Waals surface area contributed by atoms with Gasteiger partial charge in [0, 0.05) is 6.04 Å². The Balaban J connectivity index is 2.34. The summed E-state index contributed by atoms with van der Waals surface area (Å²) >= 11 is 0. The Hall–Kier alpha value is -1.50. The monoisotopic (exact) mass is 185 g/mol. The van der Waals surface area contributed by atoms with Gasteiger partial charge in [-0.25, -0.2) is 4.68 Å². The molecule has 1 unspecified atom stereocenters. The van der Waals surface area contributed by atoms with Gasteiger partial charge in [-0.3, -0.25) is 4.79 Å². The highest BCUT2D eigenvalue weighted by Crippen LogP contribution is 1.82. The second kappa shape index (κ2) is 4.51. The number of aliphatic hydroxyl groups is 1. The summed E-state index contributed by atoms with van der Waals surface area (Å²) in [6, 6.07) is -0.246. The van der Waals surface area contributed by atoms with Crippen molar-refractivity contribution in [1.82, 2.24) is 25.5 Å². The zero-order valence-electron chi connectivity index (χ0n) is 7.21. The molecule has 1 atom stereocenters. The Morgan fingerprint density at radius 2 is 2.54 bits per heavy atom. The quantitative estimate of drug-likeness (QED) is 0.575.